The lowest BCUT2D eigenvalue weighted by molar-refractivity contribution is 0.206. The molecule has 2 nitrogen and oxygen atoms in total. The van der Waals surface area contributed by atoms with Gasteiger partial charge in [-0.1, -0.05) is 24.3 Å². The van der Waals surface area contributed by atoms with E-state index in [4.69, 9.17) is 0 Å². The minimum atomic E-state index is 0.715. The molecule has 1 unspecified atom stereocenters. The number of hydrogen-bond acceptors (Lipinski definition) is 2. The molecule has 0 radical (unpaired) electrons. The molecule has 0 aromatic heterocycles. The van der Waals surface area contributed by atoms with Gasteiger partial charge in [0.25, 0.3) is 0 Å². The zero-order valence-electron chi connectivity index (χ0n) is 11.8. The molecule has 1 N–H and O–H groups in total. The van der Waals surface area contributed by atoms with Gasteiger partial charge in [-0.3, -0.25) is 0 Å². The fourth-order valence-corrected chi connectivity index (χ4v) is 2.88. The monoisotopic (exact) mass is 246 g/mol. The van der Waals surface area contributed by atoms with Crippen molar-refractivity contribution >= 4 is 0 Å². The van der Waals surface area contributed by atoms with Crippen LogP contribution < -0.4 is 5.32 Å². The van der Waals surface area contributed by atoms with E-state index in [0.717, 1.165) is 6.54 Å². The predicted octanol–water partition coefficient (Wildman–Crippen LogP) is 2.48. The summed E-state index contributed by atoms with van der Waals surface area (Å²) in [5, 5.41) is 3.23. The zero-order valence-corrected chi connectivity index (χ0v) is 11.8. The third-order valence-corrected chi connectivity index (χ3v) is 4.13. The topological polar surface area (TPSA) is 15.3 Å². The van der Waals surface area contributed by atoms with Crippen LogP contribution in [0.3, 0.4) is 0 Å². The van der Waals surface area contributed by atoms with Gasteiger partial charge in [0.1, 0.15) is 0 Å². The van der Waals surface area contributed by atoms with Crippen LogP contribution in [0, 0.1) is 0 Å². The molecule has 2 heteroatoms. The summed E-state index contributed by atoms with van der Waals surface area (Å²) in [6.45, 7) is 5.96. The summed E-state index contributed by atoms with van der Waals surface area (Å²) >= 11 is 0. The molecular weight excluding hydrogens is 220 g/mol. The van der Waals surface area contributed by atoms with E-state index in [-0.39, 0.29) is 0 Å². The Morgan fingerprint density at radius 2 is 1.78 bits per heavy atom. The van der Waals surface area contributed by atoms with Crippen molar-refractivity contribution in [2.45, 2.75) is 38.6 Å². The summed E-state index contributed by atoms with van der Waals surface area (Å²) in [5.74, 6) is 0. The SMILES string of the molecule is CNCCCC(C)N1CCc2ccccc2CC1. The Labute approximate surface area is 111 Å². The van der Waals surface area contributed by atoms with Crippen LogP contribution in [0.1, 0.15) is 30.9 Å². The maximum absolute atomic E-state index is 3.23. The first kappa shape index (κ1) is 13.6. The van der Waals surface area contributed by atoms with E-state index in [1.165, 1.54) is 38.8 Å². The molecule has 1 aromatic carbocycles. The lowest BCUT2D eigenvalue weighted by Crippen LogP contribution is -2.35. The molecule has 100 valence electrons. The number of nitrogens with one attached hydrogen (secondary N) is 1. The standard InChI is InChI=1S/C16H26N2/c1-14(6-5-11-17-2)18-12-9-15-7-3-4-8-16(15)10-13-18/h3-4,7-8,14,17H,5-6,9-13H2,1-2H3. The van der Waals surface area contributed by atoms with Gasteiger partial charge in [0, 0.05) is 19.1 Å². The molecule has 0 amide bonds. The van der Waals surface area contributed by atoms with E-state index in [9.17, 15) is 0 Å². The van der Waals surface area contributed by atoms with Gasteiger partial charge >= 0.3 is 0 Å². The van der Waals surface area contributed by atoms with Crippen molar-refractivity contribution in [2.75, 3.05) is 26.7 Å². The second-order valence-corrected chi connectivity index (χ2v) is 5.40. The first-order chi connectivity index (χ1) is 8.81. The maximum Gasteiger partial charge on any atom is 0.00676 e. The quantitative estimate of drug-likeness (QED) is 0.803. The minimum absolute atomic E-state index is 0.715. The van der Waals surface area contributed by atoms with Crippen molar-refractivity contribution in [2.24, 2.45) is 0 Å². The van der Waals surface area contributed by atoms with E-state index in [0.29, 0.717) is 6.04 Å². The number of fused-ring (bicyclic) bond motifs is 1. The normalized spacial score (nSPS) is 18.1. The lowest BCUT2D eigenvalue weighted by atomic mass is 10.0. The van der Waals surface area contributed by atoms with Gasteiger partial charge in [-0.25, -0.2) is 0 Å². The number of hydrogen-bond donors (Lipinski definition) is 1. The van der Waals surface area contributed by atoms with Gasteiger partial charge in [0.15, 0.2) is 0 Å². The van der Waals surface area contributed by atoms with Gasteiger partial charge in [0.2, 0.25) is 0 Å². The van der Waals surface area contributed by atoms with E-state index in [2.05, 4.69) is 41.4 Å². The molecule has 0 saturated carbocycles. The van der Waals surface area contributed by atoms with Gasteiger partial charge in [0.05, 0.1) is 0 Å². The first-order valence-electron chi connectivity index (χ1n) is 7.26. The molecule has 1 aliphatic rings. The van der Waals surface area contributed by atoms with E-state index < -0.39 is 0 Å². The second kappa shape index (κ2) is 6.91. The predicted molar refractivity (Wildman–Crippen MR) is 78.0 cm³/mol. The lowest BCUT2D eigenvalue weighted by Gasteiger charge is -2.27. The molecule has 1 aliphatic heterocycles. The Hall–Kier alpha value is -0.860. The summed E-state index contributed by atoms with van der Waals surface area (Å²) in [7, 11) is 2.03. The van der Waals surface area contributed by atoms with Gasteiger partial charge in [-0.15, -0.1) is 0 Å². The Balaban J connectivity index is 1.87. The van der Waals surface area contributed by atoms with Crippen molar-refractivity contribution in [3.63, 3.8) is 0 Å². The van der Waals surface area contributed by atoms with Crippen molar-refractivity contribution in [1.29, 1.82) is 0 Å². The molecule has 0 fully saturated rings. The third-order valence-electron chi connectivity index (χ3n) is 4.13. The van der Waals surface area contributed by atoms with Crippen LogP contribution in [0.25, 0.3) is 0 Å². The number of benzene rings is 1. The van der Waals surface area contributed by atoms with Crippen LogP contribution >= 0.6 is 0 Å². The summed E-state index contributed by atoms with van der Waals surface area (Å²) in [6, 6.07) is 9.65. The maximum atomic E-state index is 3.23. The van der Waals surface area contributed by atoms with Crippen molar-refractivity contribution in [1.82, 2.24) is 10.2 Å². The Bertz CT molecular complexity index is 335. The average molecular weight is 246 g/mol. The van der Waals surface area contributed by atoms with E-state index in [1.807, 2.05) is 7.05 Å². The van der Waals surface area contributed by atoms with Gasteiger partial charge in [-0.2, -0.15) is 0 Å². The molecule has 0 aliphatic carbocycles. The average Bonchev–Trinajstić information content (AvgIpc) is 2.61. The Morgan fingerprint density at radius 1 is 1.17 bits per heavy atom. The molecule has 0 bridgehead atoms. The van der Waals surface area contributed by atoms with Crippen molar-refractivity contribution < 1.29 is 0 Å². The molecule has 0 saturated heterocycles. The molecule has 1 heterocycles. The van der Waals surface area contributed by atoms with Crippen LogP contribution in [0.5, 0.6) is 0 Å². The van der Waals surface area contributed by atoms with Crippen LogP contribution in [0.2, 0.25) is 0 Å². The van der Waals surface area contributed by atoms with Crippen LogP contribution in [-0.4, -0.2) is 37.6 Å². The molecule has 0 spiro atoms. The summed E-state index contributed by atoms with van der Waals surface area (Å²) < 4.78 is 0. The smallest absolute Gasteiger partial charge is 0.00676 e. The van der Waals surface area contributed by atoms with Crippen LogP contribution in [-0.2, 0) is 12.8 Å². The molecule has 2 rings (SSSR count). The minimum Gasteiger partial charge on any atom is -0.320 e. The van der Waals surface area contributed by atoms with Gasteiger partial charge in [-0.05, 0) is 57.3 Å². The van der Waals surface area contributed by atoms with Crippen molar-refractivity contribution in [3.8, 4) is 0 Å². The van der Waals surface area contributed by atoms with Crippen molar-refractivity contribution in [3.05, 3.63) is 35.4 Å². The Kier molecular flexibility index (Phi) is 5.21. The summed E-state index contributed by atoms with van der Waals surface area (Å²) in [4.78, 5) is 2.66. The van der Waals surface area contributed by atoms with E-state index in [1.54, 1.807) is 11.1 Å². The van der Waals surface area contributed by atoms with E-state index >= 15 is 0 Å². The highest BCUT2D eigenvalue weighted by atomic mass is 15.1. The van der Waals surface area contributed by atoms with Crippen LogP contribution in [0.4, 0.5) is 0 Å². The van der Waals surface area contributed by atoms with Gasteiger partial charge < -0.3 is 10.2 Å². The highest BCUT2D eigenvalue weighted by Gasteiger charge is 2.17. The zero-order chi connectivity index (χ0) is 12.8. The molecule has 18 heavy (non-hydrogen) atoms. The summed E-state index contributed by atoms with van der Waals surface area (Å²) in [6.07, 6.45) is 5.01. The largest absolute Gasteiger partial charge is 0.320 e. The molecule has 1 aromatic rings. The third kappa shape index (κ3) is 3.56. The Morgan fingerprint density at radius 3 is 2.33 bits per heavy atom. The molecular formula is C16H26N2. The number of nitrogens with zero attached hydrogens (tertiary/aromatic N) is 1. The fraction of sp³-hybridized carbons (Fsp3) is 0.625. The number of rotatable bonds is 5. The molecule has 1 atom stereocenters. The highest BCUT2D eigenvalue weighted by molar-refractivity contribution is 5.28. The second-order valence-electron chi connectivity index (χ2n) is 5.40. The highest BCUT2D eigenvalue weighted by Crippen LogP contribution is 2.18. The summed E-state index contributed by atoms with van der Waals surface area (Å²) in [5.41, 5.74) is 3.12. The first-order valence-corrected chi connectivity index (χ1v) is 7.26. The fourth-order valence-electron chi connectivity index (χ4n) is 2.88. The van der Waals surface area contributed by atoms with Crippen LogP contribution in [0.15, 0.2) is 24.3 Å².